The Morgan fingerprint density at radius 2 is 1.97 bits per heavy atom. The fourth-order valence-electron chi connectivity index (χ4n) is 5.17. The number of hydrogen-bond donors (Lipinski definition) is 6. The second-order valence-electron chi connectivity index (χ2n) is 8.41. The second-order valence-corrected chi connectivity index (χ2v) is 8.81. The van der Waals surface area contributed by atoms with Gasteiger partial charge in [-0.05, 0) is 49.4 Å². The van der Waals surface area contributed by atoms with E-state index in [2.05, 4.69) is 5.32 Å². The molecule has 0 aliphatic heterocycles. The van der Waals surface area contributed by atoms with Crippen molar-refractivity contribution in [3.05, 3.63) is 50.9 Å². The van der Waals surface area contributed by atoms with E-state index in [0.29, 0.717) is 18.5 Å². The average Bonchev–Trinajstić information content (AvgIpc) is 2.73. The standard InChI is InChI=1S/C22H23ClN2O7/c1-2-5-25-16-10-7-8-6-9-11(23)3-4-12(26)14(9)17(27)13(8)19(29)22(10,32)20(30)15(18(16)28)21(24)31/h3-4,8,10,16,25-26,28-29,32H,2,5-7H2,1H3,(H2,24,31)/t8-,10-,16-,22-/m0/s1. The Balaban J connectivity index is 1.93. The predicted octanol–water partition coefficient (Wildman–Crippen LogP) is 1.21. The SMILES string of the molecule is CCCN[C@@H]1C(O)=C(C(N)=O)C(=O)[C@@]2(O)C(O)=C3C(=O)c4c(O)ccc(Cl)c4C[C@H]3C[C@@H]12. The summed E-state index contributed by atoms with van der Waals surface area (Å²) in [7, 11) is 0. The van der Waals surface area contributed by atoms with E-state index < -0.39 is 58.0 Å². The molecule has 0 radical (unpaired) electrons. The molecule has 0 fully saturated rings. The Kier molecular flexibility index (Phi) is 5.31. The number of aromatic hydroxyl groups is 1. The van der Waals surface area contributed by atoms with Crippen LogP contribution >= 0.6 is 11.6 Å². The van der Waals surface area contributed by atoms with Crippen LogP contribution in [-0.2, 0) is 16.0 Å². The Labute approximate surface area is 188 Å². The molecule has 7 N–H and O–H groups in total. The van der Waals surface area contributed by atoms with Crippen LogP contribution in [0.2, 0.25) is 5.02 Å². The lowest BCUT2D eigenvalue weighted by molar-refractivity contribution is -0.146. The van der Waals surface area contributed by atoms with Crippen molar-refractivity contribution in [2.75, 3.05) is 6.54 Å². The Hall–Kier alpha value is -2.88. The molecule has 0 spiro atoms. The minimum atomic E-state index is -2.64. The number of halogens is 1. The van der Waals surface area contributed by atoms with Crippen molar-refractivity contribution in [1.29, 1.82) is 0 Å². The topological polar surface area (TPSA) is 170 Å². The molecule has 0 heterocycles. The third-order valence-electron chi connectivity index (χ3n) is 6.64. The van der Waals surface area contributed by atoms with E-state index in [1.54, 1.807) is 0 Å². The number of Topliss-reactive ketones (excluding diaryl/α,β-unsaturated/α-hetero) is 2. The summed E-state index contributed by atoms with van der Waals surface area (Å²) < 4.78 is 0. The number of benzene rings is 1. The van der Waals surface area contributed by atoms with Crippen LogP contribution in [0.1, 0.15) is 35.7 Å². The maximum absolute atomic E-state index is 13.3. The van der Waals surface area contributed by atoms with Gasteiger partial charge in [-0.1, -0.05) is 18.5 Å². The van der Waals surface area contributed by atoms with E-state index >= 15 is 0 Å². The number of allylic oxidation sites excluding steroid dienone is 1. The summed E-state index contributed by atoms with van der Waals surface area (Å²) in [5.74, 6) is -6.83. The summed E-state index contributed by atoms with van der Waals surface area (Å²) in [4.78, 5) is 38.3. The van der Waals surface area contributed by atoms with Gasteiger partial charge in [0.15, 0.2) is 11.4 Å². The number of fused-ring (bicyclic) bond motifs is 3. The van der Waals surface area contributed by atoms with Crippen molar-refractivity contribution >= 4 is 29.1 Å². The van der Waals surface area contributed by atoms with Gasteiger partial charge in [-0.3, -0.25) is 14.4 Å². The van der Waals surface area contributed by atoms with Crippen LogP contribution < -0.4 is 11.1 Å². The van der Waals surface area contributed by atoms with Crippen molar-refractivity contribution in [1.82, 2.24) is 5.32 Å². The molecular weight excluding hydrogens is 440 g/mol. The Morgan fingerprint density at radius 3 is 2.59 bits per heavy atom. The van der Waals surface area contributed by atoms with E-state index in [0.717, 1.165) is 0 Å². The number of carbonyl (C=O) groups excluding carboxylic acids is 3. The minimum Gasteiger partial charge on any atom is -0.510 e. The molecule has 0 unspecified atom stereocenters. The Morgan fingerprint density at radius 1 is 1.28 bits per heavy atom. The number of nitrogens with two attached hydrogens (primary N) is 1. The lowest BCUT2D eigenvalue weighted by Gasteiger charge is -2.48. The molecule has 1 aromatic carbocycles. The number of aliphatic hydroxyl groups excluding tert-OH is 2. The number of amides is 1. The van der Waals surface area contributed by atoms with Crippen LogP contribution in [0.5, 0.6) is 5.75 Å². The number of carbonyl (C=O) groups is 3. The highest BCUT2D eigenvalue weighted by atomic mass is 35.5. The van der Waals surface area contributed by atoms with Crippen LogP contribution in [0.3, 0.4) is 0 Å². The van der Waals surface area contributed by atoms with Gasteiger partial charge in [0.1, 0.15) is 22.8 Å². The monoisotopic (exact) mass is 462 g/mol. The van der Waals surface area contributed by atoms with Gasteiger partial charge < -0.3 is 31.5 Å². The number of rotatable bonds is 4. The van der Waals surface area contributed by atoms with E-state index in [4.69, 9.17) is 17.3 Å². The van der Waals surface area contributed by atoms with Crippen LogP contribution in [-0.4, -0.2) is 56.1 Å². The number of phenolic OH excluding ortho intramolecular Hbond substituents is 1. The molecule has 170 valence electrons. The summed E-state index contributed by atoms with van der Waals surface area (Å²) in [5.41, 5.74) is 1.91. The third-order valence-corrected chi connectivity index (χ3v) is 7.00. The van der Waals surface area contributed by atoms with E-state index in [9.17, 15) is 34.8 Å². The molecular formula is C22H23ClN2O7. The Bertz CT molecular complexity index is 1130. The van der Waals surface area contributed by atoms with Gasteiger partial charge >= 0.3 is 0 Å². The first-order chi connectivity index (χ1) is 15.0. The molecule has 0 saturated heterocycles. The van der Waals surface area contributed by atoms with Crippen molar-refractivity contribution < 1.29 is 34.8 Å². The third kappa shape index (κ3) is 2.88. The quantitative estimate of drug-likeness (QED) is 0.362. The lowest BCUT2D eigenvalue weighted by Crippen LogP contribution is -2.64. The molecule has 4 atom stereocenters. The minimum absolute atomic E-state index is 0.0241. The summed E-state index contributed by atoms with van der Waals surface area (Å²) in [6.45, 7) is 2.25. The molecule has 10 heteroatoms. The molecule has 3 aliphatic rings. The number of hydrogen-bond acceptors (Lipinski definition) is 8. The number of aliphatic hydroxyl groups is 3. The fraction of sp³-hybridized carbons (Fsp3) is 0.409. The maximum Gasteiger partial charge on any atom is 0.255 e. The molecule has 0 aromatic heterocycles. The van der Waals surface area contributed by atoms with Gasteiger partial charge in [-0.25, -0.2) is 0 Å². The number of nitrogens with one attached hydrogen (secondary N) is 1. The van der Waals surface area contributed by atoms with Crippen LogP contribution in [0.15, 0.2) is 34.8 Å². The van der Waals surface area contributed by atoms with Gasteiger partial charge in [0.2, 0.25) is 5.78 Å². The van der Waals surface area contributed by atoms with Crippen molar-refractivity contribution in [3.63, 3.8) is 0 Å². The van der Waals surface area contributed by atoms with Crippen molar-refractivity contribution in [3.8, 4) is 5.75 Å². The fourth-order valence-corrected chi connectivity index (χ4v) is 5.41. The van der Waals surface area contributed by atoms with Crippen LogP contribution in [0.25, 0.3) is 0 Å². The molecule has 3 aliphatic carbocycles. The second kappa shape index (κ2) is 7.61. The average molecular weight is 463 g/mol. The predicted molar refractivity (Wildman–Crippen MR) is 113 cm³/mol. The molecule has 4 rings (SSSR count). The summed E-state index contributed by atoms with van der Waals surface area (Å²) in [6.07, 6.45) is 0.838. The first kappa shape index (κ1) is 22.3. The van der Waals surface area contributed by atoms with Crippen molar-refractivity contribution in [2.45, 2.75) is 37.8 Å². The first-order valence-electron chi connectivity index (χ1n) is 10.3. The highest BCUT2D eigenvalue weighted by Gasteiger charge is 2.62. The molecule has 0 bridgehead atoms. The molecule has 32 heavy (non-hydrogen) atoms. The maximum atomic E-state index is 13.3. The molecule has 0 saturated carbocycles. The van der Waals surface area contributed by atoms with E-state index in [1.165, 1.54) is 12.1 Å². The summed E-state index contributed by atoms with van der Waals surface area (Å²) >= 11 is 6.25. The van der Waals surface area contributed by atoms with Gasteiger partial charge in [0.25, 0.3) is 5.91 Å². The molecule has 1 aromatic rings. The smallest absolute Gasteiger partial charge is 0.255 e. The zero-order chi connectivity index (χ0) is 23.5. The molecule has 1 amide bonds. The molecule has 9 nitrogen and oxygen atoms in total. The van der Waals surface area contributed by atoms with E-state index in [1.807, 2.05) is 6.92 Å². The first-order valence-corrected chi connectivity index (χ1v) is 10.7. The van der Waals surface area contributed by atoms with Crippen LogP contribution in [0.4, 0.5) is 0 Å². The van der Waals surface area contributed by atoms with Gasteiger partial charge in [0, 0.05) is 16.5 Å². The van der Waals surface area contributed by atoms with Crippen LogP contribution in [0, 0.1) is 11.8 Å². The zero-order valence-corrected chi connectivity index (χ0v) is 17.9. The number of primary amides is 1. The zero-order valence-electron chi connectivity index (χ0n) is 17.2. The number of ketones is 2. The summed E-state index contributed by atoms with van der Waals surface area (Å²) in [6, 6.07) is 1.65. The largest absolute Gasteiger partial charge is 0.510 e. The summed E-state index contributed by atoms with van der Waals surface area (Å²) in [5, 5.41) is 46.8. The van der Waals surface area contributed by atoms with Gasteiger partial charge in [0.05, 0.1) is 11.6 Å². The normalized spacial score (nSPS) is 29.5. The lowest BCUT2D eigenvalue weighted by atomic mass is 9.59. The van der Waals surface area contributed by atoms with E-state index in [-0.39, 0.29) is 34.8 Å². The highest BCUT2D eigenvalue weighted by Crippen LogP contribution is 2.52. The van der Waals surface area contributed by atoms with Crippen molar-refractivity contribution in [2.24, 2.45) is 17.6 Å². The van der Waals surface area contributed by atoms with Gasteiger partial charge in [-0.2, -0.15) is 0 Å². The van der Waals surface area contributed by atoms with Gasteiger partial charge in [-0.15, -0.1) is 0 Å². The highest BCUT2D eigenvalue weighted by molar-refractivity contribution is 6.32. The number of phenols is 1.